The molecule has 0 radical (unpaired) electrons. The lowest BCUT2D eigenvalue weighted by Gasteiger charge is -2.45. The zero-order valence-corrected chi connectivity index (χ0v) is 38.8. The van der Waals surface area contributed by atoms with Gasteiger partial charge in [0.2, 0.25) is 0 Å². The summed E-state index contributed by atoms with van der Waals surface area (Å²) in [7, 11) is 0. The molecule has 0 atom stereocenters. The van der Waals surface area contributed by atoms with Gasteiger partial charge in [-0.2, -0.15) is 0 Å². The Bertz CT molecular complexity index is 4270. The monoisotopic (exact) mass is 917 g/mol. The molecule has 0 saturated carbocycles. The molecule has 0 saturated heterocycles. The molecule has 6 heteroatoms. The molecule has 2 aliphatic heterocycles. The van der Waals surface area contributed by atoms with Crippen molar-refractivity contribution in [3.8, 4) is 27.9 Å². The molecule has 0 unspecified atom stereocenters. The quantitative estimate of drug-likeness (QED) is 0.161. The number of rotatable bonds is 5. The van der Waals surface area contributed by atoms with Gasteiger partial charge in [-0.1, -0.05) is 182 Å². The molecule has 0 amide bonds. The Morgan fingerprint density at radius 3 is 1.21 bits per heavy atom. The van der Waals surface area contributed by atoms with Crippen LogP contribution < -0.4 is 26.2 Å². The van der Waals surface area contributed by atoms with Crippen LogP contribution in [0.15, 0.2) is 251 Å². The molecule has 72 heavy (non-hydrogen) atoms. The average Bonchev–Trinajstić information content (AvgIpc) is 4.13. The van der Waals surface area contributed by atoms with Crippen LogP contribution in [0.4, 0.5) is 34.1 Å². The van der Waals surface area contributed by atoms with Gasteiger partial charge in [-0.15, -0.1) is 0 Å². The molecule has 0 N–H and O–H groups in total. The second-order valence-corrected chi connectivity index (χ2v) is 19.1. The first-order valence-corrected chi connectivity index (χ1v) is 24.7. The van der Waals surface area contributed by atoms with Gasteiger partial charge >= 0.3 is 0 Å². The third kappa shape index (κ3) is 5.43. The maximum atomic E-state index is 7.16. The Balaban J connectivity index is 1.11. The lowest BCUT2D eigenvalue weighted by atomic mass is 9.33. The number of furan rings is 2. The highest BCUT2D eigenvalue weighted by atomic mass is 16.3. The molecule has 2 aliphatic rings. The van der Waals surface area contributed by atoms with E-state index in [0.717, 1.165) is 117 Å². The second kappa shape index (κ2) is 15.0. The third-order valence-corrected chi connectivity index (χ3v) is 15.4. The van der Waals surface area contributed by atoms with E-state index >= 15 is 0 Å². The van der Waals surface area contributed by atoms with Crippen molar-refractivity contribution >= 4 is 123 Å². The van der Waals surface area contributed by atoms with Gasteiger partial charge in [0.1, 0.15) is 11.2 Å². The first-order valence-electron chi connectivity index (χ1n) is 24.7. The zero-order valence-electron chi connectivity index (χ0n) is 38.8. The van der Waals surface area contributed by atoms with E-state index in [1.54, 1.807) is 0 Å². The van der Waals surface area contributed by atoms with Crippen LogP contribution in [0.3, 0.4) is 0 Å². The summed E-state index contributed by atoms with van der Waals surface area (Å²) in [4.78, 5) is 5.06. The number of hydrogen-bond acceptors (Lipinski definition) is 4. The summed E-state index contributed by atoms with van der Waals surface area (Å²) in [6.45, 7) is -0.118. The molecular formula is C66H40BN3O2. The minimum Gasteiger partial charge on any atom is -0.454 e. The number of aromatic nitrogens is 1. The molecule has 334 valence electrons. The highest BCUT2D eigenvalue weighted by molar-refractivity contribution is 7.00. The van der Waals surface area contributed by atoms with Gasteiger partial charge in [-0.3, -0.25) is 0 Å². The summed E-state index contributed by atoms with van der Waals surface area (Å²) in [5.74, 6) is 0. The van der Waals surface area contributed by atoms with E-state index < -0.39 is 0 Å². The predicted octanol–water partition coefficient (Wildman–Crippen LogP) is 16.0. The standard InChI is InChI=1S/C66H40BN3O2/c1-3-19-41(20-4-1)44-35-37-50-48-25-9-17-33-60(48)71-65(50)63(44)69-56-31-15-11-27-52(56)67-53-28-12-16-32-57(53)70(64-45(42-21-5-2-6-22-42)36-38-51-49-26-10-18-34-61(49)72-66(51)64)59-40-43(39-58(69)62(59)67)68-54-29-13-7-23-46(54)47-24-8-14-30-55(47)68/h1-40H. The fourth-order valence-corrected chi connectivity index (χ4v) is 12.4. The first-order chi connectivity index (χ1) is 35.8. The van der Waals surface area contributed by atoms with E-state index in [1.807, 2.05) is 0 Å². The van der Waals surface area contributed by atoms with Crippen molar-refractivity contribution in [1.29, 1.82) is 0 Å². The molecule has 3 aromatic heterocycles. The Labute approximate surface area is 414 Å². The summed E-state index contributed by atoms with van der Waals surface area (Å²) in [5, 5.41) is 6.74. The fourth-order valence-electron chi connectivity index (χ4n) is 12.4. The van der Waals surface area contributed by atoms with Gasteiger partial charge in [0.15, 0.2) is 11.2 Å². The van der Waals surface area contributed by atoms with Crippen molar-refractivity contribution in [1.82, 2.24) is 4.57 Å². The van der Waals surface area contributed by atoms with Crippen LogP contribution in [-0.4, -0.2) is 11.3 Å². The van der Waals surface area contributed by atoms with Crippen LogP contribution >= 0.6 is 0 Å². The maximum absolute atomic E-state index is 7.16. The lowest BCUT2D eigenvalue weighted by Crippen LogP contribution is -2.61. The largest absolute Gasteiger partial charge is 0.454 e. The van der Waals surface area contributed by atoms with Gasteiger partial charge in [-0.25, -0.2) is 0 Å². The van der Waals surface area contributed by atoms with E-state index in [4.69, 9.17) is 8.83 Å². The molecule has 0 spiro atoms. The smallest absolute Gasteiger partial charge is 0.252 e. The van der Waals surface area contributed by atoms with Crippen LogP contribution in [0, 0.1) is 0 Å². The zero-order chi connectivity index (χ0) is 47.0. The SMILES string of the molecule is c1ccc(-c2ccc3c(oc4ccccc43)c2N2c3ccccc3B3c4ccccc4N(c4c(-c5ccccc5)ccc5c4oc4ccccc45)c4cc(-n5c6ccccc6c6ccccc65)cc2c43)cc1. The topological polar surface area (TPSA) is 37.7 Å². The number of nitrogens with zero attached hydrogens (tertiary/aromatic N) is 3. The van der Waals surface area contributed by atoms with Gasteiger partial charge in [0.05, 0.1) is 28.1 Å². The van der Waals surface area contributed by atoms with Crippen molar-refractivity contribution in [2.45, 2.75) is 0 Å². The summed E-state index contributed by atoms with van der Waals surface area (Å²) < 4.78 is 16.8. The average molecular weight is 918 g/mol. The van der Waals surface area contributed by atoms with Crippen molar-refractivity contribution < 1.29 is 8.83 Å². The highest BCUT2D eigenvalue weighted by Gasteiger charge is 2.45. The number of benzene rings is 11. The van der Waals surface area contributed by atoms with Crippen LogP contribution in [0.5, 0.6) is 0 Å². The number of fused-ring (bicyclic) bond motifs is 13. The Kier molecular flexibility index (Phi) is 8.19. The molecule has 5 nitrogen and oxygen atoms in total. The van der Waals surface area contributed by atoms with Crippen LogP contribution in [0.25, 0.3) is 93.6 Å². The van der Waals surface area contributed by atoms with Crippen molar-refractivity contribution in [2.75, 3.05) is 9.80 Å². The number of anilines is 6. The molecule has 16 rings (SSSR count). The summed E-state index contributed by atoms with van der Waals surface area (Å²) in [6.07, 6.45) is 0. The van der Waals surface area contributed by atoms with E-state index in [-0.39, 0.29) is 6.71 Å². The Morgan fingerprint density at radius 1 is 0.319 bits per heavy atom. The number of hydrogen-bond donors (Lipinski definition) is 0. The minimum atomic E-state index is -0.118. The lowest BCUT2D eigenvalue weighted by molar-refractivity contribution is 0.669. The molecule has 14 aromatic rings. The van der Waals surface area contributed by atoms with Crippen molar-refractivity contribution in [2.24, 2.45) is 0 Å². The number of para-hydroxylation sites is 6. The van der Waals surface area contributed by atoms with Gasteiger partial charge in [-0.05, 0) is 88.2 Å². The van der Waals surface area contributed by atoms with Crippen LogP contribution in [0.2, 0.25) is 0 Å². The van der Waals surface area contributed by atoms with Crippen LogP contribution in [0.1, 0.15) is 0 Å². The fraction of sp³-hybridized carbons (Fsp3) is 0. The van der Waals surface area contributed by atoms with Crippen LogP contribution in [-0.2, 0) is 0 Å². The molecule has 0 fully saturated rings. The molecule has 0 aliphatic carbocycles. The van der Waals surface area contributed by atoms with Crippen molar-refractivity contribution in [3.63, 3.8) is 0 Å². The van der Waals surface area contributed by atoms with Gasteiger partial charge in [0.25, 0.3) is 6.71 Å². The normalized spacial score (nSPS) is 12.9. The first kappa shape index (κ1) is 39.3. The summed E-state index contributed by atoms with van der Waals surface area (Å²) in [5.41, 5.74) is 21.1. The van der Waals surface area contributed by atoms with E-state index in [1.165, 1.54) is 27.2 Å². The summed E-state index contributed by atoms with van der Waals surface area (Å²) in [6, 6.07) is 88.1. The molecule has 0 bridgehead atoms. The van der Waals surface area contributed by atoms with Gasteiger partial charge in [0, 0.05) is 66.2 Å². The van der Waals surface area contributed by atoms with E-state index in [0.29, 0.717) is 0 Å². The van der Waals surface area contributed by atoms with E-state index in [2.05, 4.69) is 257 Å². The minimum absolute atomic E-state index is 0.118. The predicted molar refractivity (Wildman–Crippen MR) is 300 cm³/mol. The maximum Gasteiger partial charge on any atom is 0.252 e. The summed E-state index contributed by atoms with van der Waals surface area (Å²) >= 11 is 0. The van der Waals surface area contributed by atoms with Gasteiger partial charge < -0.3 is 23.2 Å². The van der Waals surface area contributed by atoms with E-state index in [9.17, 15) is 0 Å². The highest BCUT2D eigenvalue weighted by Crippen LogP contribution is 2.53. The van der Waals surface area contributed by atoms with Crippen molar-refractivity contribution in [3.05, 3.63) is 243 Å². The Hall–Kier alpha value is -9.52. The third-order valence-electron chi connectivity index (χ3n) is 15.4. The second-order valence-electron chi connectivity index (χ2n) is 19.1. The molecular weight excluding hydrogens is 878 g/mol. The molecule has 11 aromatic carbocycles. The molecule has 5 heterocycles. The Morgan fingerprint density at radius 2 is 0.722 bits per heavy atom.